The van der Waals surface area contributed by atoms with Gasteiger partial charge in [-0.3, -0.25) is 9.59 Å². The molecule has 0 aromatic carbocycles. The summed E-state index contributed by atoms with van der Waals surface area (Å²) in [6, 6.07) is 1.83. The van der Waals surface area contributed by atoms with Crippen LogP contribution < -0.4 is 5.32 Å². The second kappa shape index (κ2) is 7.23. The number of carbonyl (C=O) groups is 3. The molecule has 23 heavy (non-hydrogen) atoms. The number of rotatable bonds is 6. The Morgan fingerprint density at radius 1 is 1.26 bits per heavy atom. The number of aryl methyl sites for hydroxylation is 2. The third-order valence-corrected chi connectivity index (χ3v) is 5.02. The van der Waals surface area contributed by atoms with Gasteiger partial charge in [0.1, 0.15) is 5.54 Å². The smallest absolute Gasteiger partial charge is 0.329 e. The number of thiophene rings is 1. The van der Waals surface area contributed by atoms with Crippen LogP contribution in [0.4, 0.5) is 0 Å². The van der Waals surface area contributed by atoms with Crippen molar-refractivity contribution in [3.8, 4) is 0 Å². The third-order valence-electron chi connectivity index (χ3n) is 4.05. The van der Waals surface area contributed by atoms with Crippen LogP contribution in [0.2, 0.25) is 0 Å². The van der Waals surface area contributed by atoms with Crippen LogP contribution >= 0.6 is 11.3 Å². The van der Waals surface area contributed by atoms with Gasteiger partial charge in [0.25, 0.3) is 0 Å². The van der Waals surface area contributed by atoms with Crippen LogP contribution in [0, 0.1) is 13.8 Å². The van der Waals surface area contributed by atoms with Crippen molar-refractivity contribution in [3.63, 3.8) is 0 Å². The zero-order valence-corrected chi connectivity index (χ0v) is 14.1. The molecule has 0 unspecified atom stereocenters. The fraction of sp³-hybridized carbons (Fsp3) is 0.562. The molecule has 7 heteroatoms. The topological polar surface area (TPSA) is 92.7 Å². The molecule has 1 aliphatic heterocycles. The molecule has 0 bridgehead atoms. The quantitative estimate of drug-likeness (QED) is 0.774. The van der Waals surface area contributed by atoms with Crippen LogP contribution in [-0.4, -0.2) is 41.5 Å². The number of carbonyl (C=O) groups excluding carboxylic acids is 2. The maximum absolute atomic E-state index is 12.2. The molecule has 1 amide bonds. The summed E-state index contributed by atoms with van der Waals surface area (Å²) in [5, 5.41) is 12.0. The summed E-state index contributed by atoms with van der Waals surface area (Å²) < 4.78 is 5.16. The molecule has 1 aromatic heterocycles. The van der Waals surface area contributed by atoms with Crippen LogP contribution in [0.15, 0.2) is 6.07 Å². The Hall–Kier alpha value is -1.73. The first-order valence-electron chi connectivity index (χ1n) is 7.56. The molecule has 1 saturated heterocycles. The van der Waals surface area contributed by atoms with Gasteiger partial charge in [-0.05, 0) is 19.9 Å². The number of hydrogen-bond acceptors (Lipinski definition) is 5. The molecule has 6 nitrogen and oxygen atoms in total. The van der Waals surface area contributed by atoms with E-state index in [-0.39, 0.29) is 31.5 Å². The molecule has 126 valence electrons. The predicted molar refractivity (Wildman–Crippen MR) is 85.9 cm³/mol. The highest BCUT2D eigenvalue weighted by Gasteiger charge is 2.41. The fourth-order valence-corrected chi connectivity index (χ4v) is 3.65. The van der Waals surface area contributed by atoms with Crippen molar-refractivity contribution in [1.29, 1.82) is 0 Å². The number of hydrogen-bond donors (Lipinski definition) is 2. The highest BCUT2D eigenvalue weighted by atomic mass is 32.1. The molecule has 0 radical (unpaired) electrons. The number of carboxylic acid groups (broad SMARTS) is 1. The second-order valence-corrected chi connectivity index (χ2v) is 7.26. The van der Waals surface area contributed by atoms with Crippen LogP contribution in [0.5, 0.6) is 0 Å². The van der Waals surface area contributed by atoms with Crippen LogP contribution in [0.25, 0.3) is 0 Å². The Balaban J connectivity index is 1.92. The van der Waals surface area contributed by atoms with Crippen molar-refractivity contribution in [3.05, 3.63) is 21.4 Å². The molecule has 0 saturated carbocycles. The zero-order chi connectivity index (χ0) is 17.0. The fourth-order valence-electron chi connectivity index (χ4n) is 2.71. The van der Waals surface area contributed by atoms with Crippen LogP contribution in [0.3, 0.4) is 0 Å². The second-order valence-electron chi connectivity index (χ2n) is 5.80. The highest BCUT2D eigenvalue weighted by molar-refractivity contribution is 7.12. The number of carboxylic acids is 1. The normalized spacial score (nSPS) is 16.8. The van der Waals surface area contributed by atoms with Crippen molar-refractivity contribution in [2.45, 2.75) is 45.1 Å². The molecule has 0 aliphatic carbocycles. The molecule has 1 aromatic rings. The first-order valence-corrected chi connectivity index (χ1v) is 8.38. The van der Waals surface area contributed by atoms with E-state index < -0.39 is 17.4 Å². The number of ketones is 1. The van der Waals surface area contributed by atoms with E-state index in [1.54, 1.807) is 11.3 Å². The van der Waals surface area contributed by atoms with E-state index in [2.05, 4.69) is 5.32 Å². The first-order chi connectivity index (χ1) is 10.8. The Labute approximate surface area is 138 Å². The van der Waals surface area contributed by atoms with Gasteiger partial charge >= 0.3 is 5.97 Å². The minimum atomic E-state index is -1.27. The van der Waals surface area contributed by atoms with Crippen molar-refractivity contribution in [1.82, 2.24) is 5.32 Å². The van der Waals surface area contributed by atoms with Gasteiger partial charge in [-0.1, -0.05) is 0 Å². The summed E-state index contributed by atoms with van der Waals surface area (Å²) in [5.41, 5.74) is -0.618. The SMILES string of the molecule is Cc1cc(C(=O)CCC(=O)NC2(C(=O)O)CCOCC2)c(C)s1. The first kappa shape index (κ1) is 17.6. The van der Waals surface area contributed by atoms with Gasteiger partial charge in [-0.25, -0.2) is 4.79 Å². The predicted octanol–water partition coefficient (Wildman–Crippen LogP) is 2.08. The molecule has 1 aliphatic rings. The maximum Gasteiger partial charge on any atom is 0.329 e. The number of nitrogens with one attached hydrogen (secondary N) is 1. The van der Waals surface area contributed by atoms with Gasteiger partial charge in [0.15, 0.2) is 5.78 Å². The number of aliphatic carboxylic acids is 1. The molecular formula is C16H21NO5S. The standard InChI is InChI=1S/C16H21NO5S/c1-10-9-12(11(2)23-10)13(18)3-4-14(19)17-16(15(20)21)5-7-22-8-6-16/h9H,3-8H2,1-2H3,(H,17,19)(H,20,21). The summed E-state index contributed by atoms with van der Waals surface area (Å²) >= 11 is 1.55. The highest BCUT2D eigenvalue weighted by Crippen LogP contribution is 2.23. The number of amides is 1. The Kier molecular flexibility index (Phi) is 5.54. The monoisotopic (exact) mass is 339 g/mol. The van der Waals surface area contributed by atoms with E-state index in [0.29, 0.717) is 18.8 Å². The lowest BCUT2D eigenvalue weighted by Gasteiger charge is -2.33. The molecule has 0 spiro atoms. The lowest BCUT2D eigenvalue weighted by molar-refractivity contribution is -0.152. The minimum absolute atomic E-state index is 0.0109. The Bertz CT molecular complexity index is 616. The average Bonchev–Trinajstić information content (AvgIpc) is 2.84. The number of ether oxygens (including phenoxy) is 1. The molecule has 2 N–H and O–H groups in total. The summed E-state index contributed by atoms with van der Waals surface area (Å²) in [5.74, 6) is -1.55. The summed E-state index contributed by atoms with van der Waals surface area (Å²) in [4.78, 5) is 37.7. The molecule has 2 heterocycles. The average molecular weight is 339 g/mol. The third kappa shape index (κ3) is 4.17. The largest absolute Gasteiger partial charge is 0.480 e. The molecular weight excluding hydrogens is 318 g/mol. The number of Topliss-reactive ketones (excluding diaryl/α,β-unsaturated/α-hetero) is 1. The van der Waals surface area contributed by atoms with Gasteiger partial charge in [0, 0.05) is 54.2 Å². The van der Waals surface area contributed by atoms with Crippen molar-refractivity contribution < 1.29 is 24.2 Å². The van der Waals surface area contributed by atoms with E-state index >= 15 is 0 Å². The van der Waals surface area contributed by atoms with Crippen molar-refractivity contribution in [2.75, 3.05) is 13.2 Å². The van der Waals surface area contributed by atoms with E-state index in [9.17, 15) is 19.5 Å². The van der Waals surface area contributed by atoms with Gasteiger partial charge in [0.2, 0.25) is 5.91 Å². The molecule has 1 fully saturated rings. The van der Waals surface area contributed by atoms with E-state index in [1.807, 2.05) is 19.9 Å². The van der Waals surface area contributed by atoms with E-state index in [0.717, 1.165) is 9.75 Å². The molecule has 2 rings (SSSR count). The zero-order valence-electron chi connectivity index (χ0n) is 13.3. The lowest BCUT2D eigenvalue weighted by atomic mass is 9.90. The van der Waals surface area contributed by atoms with Crippen molar-refractivity contribution >= 4 is 29.0 Å². The van der Waals surface area contributed by atoms with Gasteiger partial charge < -0.3 is 15.2 Å². The van der Waals surface area contributed by atoms with E-state index in [4.69, 9.17) is 4.74 Å². The summed E-state index contributed by atoms with van der Waals surface area (Å²) in [6.45, 7) is 4.42. The molecule has 0 atom stereocenters. The summed E-state index contributed by atoms with van der Waals surface area (Å²) in [6.07, 6.45) is 0.549. The van der Waals surface area contributed by atoms with Gasteiger partial charge in [0.05, 0.1) is 0 Å². The summed E-state index contributed by atoms with van der Waals surface area (Å²) in [7, 11) is 0. The van der Waals surface area contributed by atoms with Crippen LogP contribution in [-0.2, 0) is 14.3 Å². The lowest BCUT2D eigenvalue weighted by Crippen LogP contribution is -2.57. The van der Waals surface area contributed by atoms with Crippen molar-refractivity contribution in [2.24, 2.45) is 0 Å². The maximum atomic E-state index is 12.2. The Morgan fingerprint density at radius 3 is 2.43 bits per heavy atom. The van der Waals surface area contributed by atoms with Crippen LogP contribution in [0.1, 0.15) is 45.8 Å². The van der Waals surface area contributed by atoms with Gasteiger partial charge in [-0.2, -0.15) is 0 Å². The Morgan fingerprint density at radius 2 is 1.91 bits per heavy atom. The minimum Gasteiger partial charge on any atom is -0.480 e. The van der Waals surface area contributed by atoms with E-state index in [1.165, 1.54) is 0 Å². The van der Waals surface area contributed by atoms with Gasteiger partial charge in [-0.15, -0.1) is 11.3 Å².